The van der Waals surface area contributed by atoms with E-state index in [1.807, 2.05) is 0 Å². The number of carbonyl (C=O) groups excluding carboxylic acids is 3. The van der Waals surface area contributed by atoms with Crippen LogP contribution >= 0.6 is 11.3 Å². The van der Waals surface area contributed by atoms with Gasteiger partial charge in [0.2, 0.25) is 11.7 Å². The molecule has 3 rings (SSSR count). The summed E-state index contributed by atoms with van der Waals surface area (Å²) in [6, 6.07) is 3.02. The lowest BCUT2D eigenvalue weighted by molar-refractivity contribution is -0.114. The normalized spacial score (nSPS) is 13.0. The molecule has 2 aromatic rings. The monoisotopic (exact) mass is 377 g/mol. The van der Waals surface area contributed by atoms with E-state index in [0.717, 1.165) is 36.1 Å². The smallest absolute Gasteiger partial charge is 0.373 e. The molecule has 7 nitrogen and oxygen atoms in total. The number of rotatable bonds is 5. The van der Waals surface area contributed by atoms with Crippen LogP contribution in [0.5, 0.6) is 0 Å². The summed E-state index contributed by atoms with van der Waals surface area (Å²) in [5.41, 5.74) is 1.39. The molecule has 1 N–H and O–H groups in total. The number of anilines is 1. The van der Waals surface area contributed by atoms with Gasteiger partial charge in [-0.1, -0.05) is 0 Å². The first kappa shape index (κ1) is 18.2. The molecule has 0 radical (unpaired) electrons. The fourth-order valence-corrected chi connectivity index (χ4v) is 4.23. The van der Waals surface area contributed by atoms with E-state index in [1.165, 1.54) is 31.4 Å². The third-order valence-corrected chi connectivity index (χ3v) is 5.27. The first-order valence-electron chi connectivity index (χ1n) is 8.26. The second-order valence-corrected chi connectivity index (χ2v) is 7.04. The Labute approximate surface area is 154 Å². The Bertz CT molecular complexity index is 850. The van der Waals surface area contributed by atoms with E-state index in [0.29, 0.717) is 16.3 Å². The molecule has 8 heteroatoms. The number of esters is 2. The number of carbonyl (C=O) groups is 3. The average Bonchev–Trinajstić information content (AvgIpc) is 3.22. The van der Waals surface area contributed by atoms with Crippen molar-refractivity contribution in [1.29, 1.82) is 0 Å². The minimum Gasteiger partial charge on any atom is -0.463 e. The molecule has 0 spiro atoms. The Kier molecular flexibility index (Phi) is 5.41. The molecule has 0 atom stereocenters. The van der Waals surface area contributed by atoms with Gasteiger partial charge in [0.15, 0.2) is 0 Å². The van der Waals surface area contributed by atoms with Crippen LogP contribution in [0.3, 0.4) is 0 Å². The fourth-order valence-electron chi connectivity index (χ4n) is 2.90. The van der Waals surface area contributed by atoms with Gasteiger partial charge in [-0.3, -0.25) is 4.79 Å². The second-order valence-electron chi connectivity index (χ2n) is 5.93. The number of amides is 1. The fraction of sp³-hybridized carbons (Fsp3) is 0.389. The van der Waals surface area contributed by atoms with Crippen LogP contribution in [0.15, 0.2) is 16.5 Å². The number of aryl methyl sites for hydroxylation is 1. The number of thiophene rings is 1. The van der Waals surface area contributed by atoms with Gasteiger partial charge < -0.3 is 19.2 Å². The van der Waals surface area contributed by atoms with Crippen molar-refractivity contribution < 1.29 is 28.3 Å². The number of hydrogen-bond donors (Lipinski definition) is 1. The summed E-state index contributed by atoms with van der Waals surface area (Å²) < 4.78 is 15.2. The predicted molar refractivity (Wildman–Crippen MR) is 94.4 cm³/mol. The first-order valence-corrected chi connectivity index (χ1v) is 9.07. The van der Waals surface area contributed by atoms with Gasteiger partial charge in [-0.25, -0.2) is 9.59 Å². The lowest BCUT2D eigenvalue weighted by Gasteiger charge is -2.12. The third kappa shape index (κ3) is 3.80. The maximum absolute atomic E-state index is 12.7. The first-order chi connectivity index (χ1) is 12.5. The highest BCUT2D eigenvalue weighted by molar-refractivity contribution is 7.17. The lowest BCUT2D eigenvalue weighted by Crippen LogP contribution is -2.13. The maximum atomic E-state index is 12.7. The highest BCUT2D eigenvalue weighted by atomic mass is 32.1. The van der Waals surface area contributed by atoms with E-state index in [-0.39, 0.29) is 18.3 Å². The highest BCUT2D eigenvalue weighted by Crippen LogP contribution is 2.38. The van der Waals surface area contributed by atoms with Crippen molar-refractivity contribution in [2.75, 3.05) is 12.4 Å². The van der Waals surface area contributed by atoms with Crippen molar-refractivity contribution in [2.45, 2.75) is 39.2 Å². The Morgan fingerprint density at radius 3 is 2.69 bits per heavy atom. The number of furan rings is 1. The van der Waals surface area contributed by atoms with Crippen LogP contribution in [0.2, 0.25) is 0 Å². The van der Waals surface area contributed by atoms with E-state index in [9.17, 15) is 14.4 Å². The predicted octanol–water partition coefficient (Wildman–Crippen LogP) is 3.32. The van der Waals surface area contributed by atoms with E-state index in [4.69, 9.17) is 9.15 Å². The summed E-state index contributed by atoms with van der Waals surface area (Å²) in [5, 5.41) is 3.26. The summed E-state index contributed by atoms with van der Waals surface area (Å²) in [5.74, 6) is -0.952. The molecule has 2 heterocycles. The van der Waals surface area contributed by atoms with Gasteiger partial charge in [-0.15, -0.1) is 11.3 Å². The molecule has 0 saturated heterocycles. The van der Waals surface area contributed by atoms with Crippen LogP contribution in [0, 0.1) is 0 Å². The number of ether oxygens (including phenoxy) is 2. The zero-order chi connectivity index (χ0) is 18.7. The van der Waals surface area contributed by atoms with Crippen molar-refractivity contribution in [3.8, 4) is 0 Å². The van der Waals surface area contributed by atoms with Crippen LogP contribution in [0.4, 0.5) is 5.00 Å². The molecule has 0 fully saturated rings. The van der Waals surface area contributed by atoms with E-state index in [2.05, 4.69) is 10.1 Å². The molecule has 138 valence electrons. The van der Waals surface area contributed by atoms with Gasteiger partial charge in [-0.05, 0) is 43.4 Å². The standard InChI is InChI=1S/C18H19NO6S/c1-10(20)19-16-15(12-5-3-4-6-14(12)26-16)18(22)24-9-11-7-8-13(25-11)17(21)23-2/h7-8H,3-6,9H2,1-2H3,(H,19,20). The summed E-state index contributed by atoms with van der Waals surface area (Å²) in [7, 11) is 1.26. The van der Waals surface area contributed by atoms with Crippen molar-refractivity contribution in [2.24, 2.45) is 0 Å². The number of hydrogen-bond acceptors (Lipinski definition) is 7. The molecule has 1 aliphatic carbocycles. The number of nitrogens with one attached hydrogen (secondary N) is 1. The van der Waals surface area contributed by atoms with Crippen molar-refractivity contribution in [1.82, 2.24) is 0 Å². The number of methoxy groups -OCH3 is 1. The van der Waals surface area contributed by atoms with Crippen molar-refractivity contribution in [3.05, 3.63) is 39.7 Å². The molecular weight excluding hydrogens is 358 g/mol. The third-order valence-electron chi connectivity index (χ3n) is 4.06. The quantitative estimate of drug-likeness (QED) is 0.803. The van der Waals surface area contributed by atoms with Gasteiger partial charge in [0.25, 0.3) is 0 Å². The Morgan fingerprint density at radius 2 is 1.96 bits per heavy atom. The second kappa shape index (κ2) is 7.74. The van der Waals surface area contributed by atoms with Crippen LogP contribution in [0.25, 0.3) is 0 Å². The van der Waals surface area contributed by atoms with Crippen LogP contribution in [-0.2, 0) is 33.7 Å². The molecule has 0 unspecified atom stereocenters. The minimum atomic E-state index is -0.595. The summed E-state index contributed by atoms with van der Waals surface area (Å²) in [6.45, 7) is 1.30. The molecule has 0 bridgehead atoms. The maximum Gasteiger partial charge on any atom is 0.373 e. The van der Waals surface area contributed by atoms with Crippen LogP contribution < -0.4 is 5.32 Å². The molecule has 0 saturated carbocycles. The Morgan fingerprint density at radius 1 is 1.19 bits per heavy atom. The largest absolute Gasteiger partial charge is 0.463 e. The van der Waals surface area contributed by atoms with Crippen LogP contribution in [-0.4, -0.2) is 25.0 Å². The van der Waals surface area contributed by atoms with Crippen molar-refractivity contribution >= 4 is 34.2 Å². The van der Waals surface area contributed by atoms with Crippen LogP contribution in [0.1, 0.15) is 56.9 Å². The Balaban J connectivity index is 1.76. The topological polar surface area (TPSA) is 94.8 Å². The summed E-state index contributed by atoms with van der Waals surface area (Å²) >= 11 is 1.43. The zero-order valence-corrected chi connectivity index (χ0v) is 15.4. The molecule has 2 aromatic heterocycles. The molecule has 0 aromatic carbocycles. The minimum absolute atomic E-state index is 0.0467. The lowest BCUT2D eigenvalue weighted by atomic mass is 9.95. The molecule has 26 heavy (non-hydrogen) atoms. The van der Waals surface area contributed by atoms with Gasteiger partial charge in [0.1, 0.15) is 17.4 Å². The SMILES string of the molecule is COC(=O)c1ccc(COC(=O)c2c(NC(C)=O)sc3c2CCCC3)o1. The molecular formula is C18H19NO6S. The molecule has 1 aliphatic rings. The van der Waals surface area contributed by atoms with Gasteiger partial charge in [0.05, 0.1) is 12.7 Å². The van der Waals surface area contributed by atoms with Crippen molar-refractivity contribution in [3.63, 3.8) is 0 Å². The number of fused-ring (bicyclic) bond motifs is 1. The molecule has 1 amide bonds. The van der Waals surface area contributed by atoms with E-state index in [1.54, 1.807) is 6.07 Å². The summed E-state index contributed by atoms with van der Waals surface area (Å²) in [4.78, 5) is 36.6. The Hall–Kier alpha value is -2.61. The average molecular weight is 377 g/mol. The highest BCUT2D eigenvalue weighted by Gasteiger charge is 2.27. The van der Waals surface area contributed by atoms with E-state index >= 15 is 0 Å². The molecule has 0 aliphatic heterocycles. The zero-order valence-electron chi connectivity index (χ0n) is 14.5. The van der Waals surface area contributed by atoms with E-state index < -0.39 is 11.9 Å². The summed E-state index contributed by atoms with van der Waals surface area (Å²) in [6.07, 6.45) is 3.78. The van der Waals surface area contributed by atoms with Gasteiger partial charge in [0, 0.05) is 11.8 Å². The van der Waals surface area contributed by atoms with Gasteiger partial charge >= 0.3 is 11.9 Å². The van der Waals surface area contributed by atoms with Gasteiger partial charge in [-0.2, -0.15) is 0 Å².